The van der Waals surface area contributed by atoms with Crippen LogP contribution in [0.15, 0.2) is 18.2 Å². The van der Waals surface area contributed by atoms with Crippen LogP contribution in [0.3, 0.4) is 0 Å². The van der Waals surface area contributed by atoms with Gasteiger partial charge in [-0.25, -0.2) is 0 Å². The summed E-state index contributed by atoms with van der Waals surface area (Å²) in [5.41, 5.74) is 5.88. The molecule has 1 unspecified atom stereocenters. The molecule has 1 aromatic carbocycles. The molecule has 0 aliphatic rings. The van der Waals surface area contributed by atoms with Crippen LogP contribution in [-0.4, -0.2) is 25.7 Å². The molecule has 0 saturated heterocycles. The van der Waals surface area contributed by atoms with Crippen LogP contribution >= 0.6 is 0 Å². The van der Waals surface area contributed by atoms with E-state index in [0.29, 0.717) is 18.7 Å². The van der Waals surface area contributed by atoms with Crippen LogP contribution in [0.25, 0.3) is 0 Å². The maximum absolute atomic E-state index is 11.9. The van der Waals surface area contributed by atoms with E-state index in [4.69, 9.17) is 15.2 Å². The first-order valence-corrected chi connectivity index (χ1v) is 6.22. The highest BCUT2D eigenvalue weighted by atomic mass is 16.5. The minimum atomic E-state index is -0.855. The molecule has 0 aliphatic heterocycles. The SMILES string of the molecule is CCC(C)(N)C(=O)NCc1cc(OC)ccc1OC. The first kappa shape index (κ1) is 15.3. The summed E-state index contributed by atoms with van der Waals surface area (Å²) in [5.74, 6) is 1.24. The summed E-state index contributed by atoms with van der Waals surface area (Å²) in [4.78, 5) is 11.9. The fourth-order valence-corrected chi connectivity index (χ4v) is 1.56. The number of benzene rings is 1. The lowest BCUT2D eigenvalue weighted by molar-refractivity contribution is -0.126. The van der Waals surface area contributed by atoms with Crippen LogP contribution in [-0.2, 0) is 11.3 Å². The van der Waals surface area contributed by atoms with Gasteiger partial charge in [-0.15, -0.1) is 0 Å². The lowest BCUT2D eigenvalue weighted by Gasteiger charge is -2.22. The van der Waals surface area contributed by atoms with E-state index in [2.05, 4.69) is 5.32 Å². The Morgan fingerprint density at radius 3 is 2.58 bits per heavy atom. The zero-order chi connectivity index (χ0) is 14.5. The highest BCUT2D eigenvalue weighted by Crippen LogP contribution is 2.23. The second-order valence-corrected chi connectivity index (χ2v) is 4.63. The molecule has 5 nitrogen and oxygen atoms in total. The summed E-state index contributed by atoms with van der Waals surface area (Å²) in [6.45, 7) is 3.95. The highest BCUT2D eigenvalue weighted by molar-refractivity contribution is 5.85. The van der Waals surface area contributed by atoms with E-state index in [1.54, 1.807) is 21.1 Å². The Labute approximate surface area is 114 Å². The fourth-order valence-electron chi connectivity index (χ4n) is 1.56. The van der Waals surface area contributed by atoms with Crippen LogP contribution in [0, 0.1) is 0 Å². The average molecular weight is 266 g/mol. The van der Waals surface area contributed by atoms with Gasteiger partial charge < -0.3 is 20.5 Å². The van der Waals surface area contributed by atoms with E-state index in [-0.39, 0.29) is 5.91 Å². The number of amides is 1. The Balaban J connectivity index is 2.79. The third-order valence-electron chi connectivity index (χ3n) is 3.18. The Morgan fingerprint density at radius 2 is 2.05 bits per heavy atom. The molecule has 5 heteroatoms. The monoisotopic (exact) mass is 266 g/mol. The van der Waals surface area contributed by atoms with E-state index < -0.39 is 5.54 Å². The van der Waals surface area contributed by atoms with Gasteiger partial charge in [-0.3, -0.25) is 4.79 Å². The molecule has 1 amide bonds. The van der Waals surface area contributed by atoms with E-state index in [1.165, 1.54) is 0 Å². The average Bonchev–Trinajstić information content (AvgIpc) is 2.44. The summed E-state index contributed by atoms with van der Waals surface area (Å²) in [6.07, 6.45) is 0.577. The molecular formula is C14H22N2O3. The number of hydrogen-bond donors (Lipinski definition) is 2. The Kier molecular flexibility index (Phi) is 5.18. The molecular weight excluding hydrogens is 244 g/mol. The summed E-state index contributed by atoms with van der Waals surface area (Å²) < 4.78 is 10.4. The van der Waals surface area contributed by atoms with Crippen molar-refractivity contribution in [3.63, 3.8) is 0 Å². The normalized spacial score (nSPS) is 13.5. The van der Waals surface area contributed by atoms with Crippen LogP contribution in [0.4, 0.5) is 0 Å². The Bertz CT molecular complexity index is 444. The minimum absolute atomic E-state index is 0.181. The van der Waals surface area contributed by atoms with Crippen molar-refractivity contribution in [2.45, 2.75) is 32.4 Å². The molecule has 1 atom stereocenters. The Hall–Kier alpha value is -1.75. The number of nitrogens with one attached hydrogen (secondary N) is 1. The van der Waals surface area contributed by atoms with E-state index in [9.17, 15) is 4.79 Å². The first-order chi connectivity index (χ1) is 8.94. The third kappa shape index (κ3) is 3.86. The van der Waals surface area contributed by atoms with Crippen LogP contribution < -0.4 is 20.5 Å². The predicted octanol–water partition coefficient (Wildman–Crippen LogP) is 1.45. The molecule has 0 heterocycles. The number of ether oxygens (including phenoxy) is 2. The first-order valence-electron chi connectivity index (χ1n) is 6.22. The lowest BCUT2D eigenvalue weighted by Crippen LogP contribution is -2.50. The van der Waals surface area contributed by atoms with Gasteiger partial charge in [-0.2, -0.15) is 0 Å². The summed E-state index contributed by atoms with van der Waals surface area (Å²) in [5, 5.41) is 2.82. The van der Waals surface area contributed by atoms with Crippen molar-refractivity contribution >= 4 is 5.91 Å². The van der Waals surface area contributed by atoms with Gasteiger partial charge in [0.1, 0.15) is 11.5 Å². The van der Waals surface area contributed by atoms with Gasteiger partial charge in [-0.05, 0) is 31.5 Å². The quantitative estimate of drug-likeness (QED) is 0.817. The zero-order valence-electron chi connectivity index (χ0n) is 11.9. The summed E-state index contributed by atoms with van der Waals surface area (Å²) >= 11 is 0. The van der Waals surface area contributed by atoms with Crippen LogP contribution in [0.5, 0.6) is 11.5 Å². The van der Waals surface area contributed by atoms with E-state index in [1.807, 2.05) is 25.1 Å². The highest BCUT2D eigenvalue weighted by Gasteiger charge is 2.25. The smallest absolute Gasteiger partial charge is 0.240 e. The van der Waals surface area contributed by atoms with Crippen molar-refractivity contribution < 1.29 is 14.3 Å². The number of carbonyl (C=O) groups excluding carboxylic acids is 1. The topological polar surface area (TPSA) is 73.6 Å². The van der Waals surface area contributed by atoms with Crippen molar-refractivity contribution in [1.82, 2.24) is 5.32 Å². The second kappa shape index (κ2) is 6.43. The zero-order valence-corrected chi connectivity index (χ0v) is 11.9. The maximum Gasteiger partial charge on any atom is 0.240 e. The predicted molar refractivity (Wildman–Crippen MR) is 74.3 cm³/mol. The molecule has 0 fully saturated rings. The number of carbonyl (C=O) groups is 1. The molecule has 1 aromatic rings. The molecule has 0 radical (unpaired) electrons. The molecule has 0 bridgehead atoms. The van der Waals surface area contributed by atoms with Crippen molar-refractivity contribution in [2.24, 2.45) is 5.73 Å². The fraction of sp³-hybridized carbons (Fsp3) is 0.500. The summed E-state index contributed by atoms with van der Waals surface area (Å²) in [7, 11) is 3.18. The molecule has 106 valence electrons. The molecule has 0 saturated carbocycles. The lowest BCUT2D eigenvalue weighted by atomic mass is 9.99. The van der Waals surface area contributed by atoms with Crippen LogP contribution in [0.1, 0.15) is 25.8 Å². The molecule has 0 aliphatic carbocycles. The van der Waals surface area contributed by atoms with Crippen LogP contribution in [0.2, 0.25) is 0 Å². The van der Waals surface area contributed by atoms with Gasteiger partial charge in [-0.1, -0.05) is 6.92 Å². The third-order valence-corrected chi connectivity index (χ3v) is 3.18. The number of nitrogens with two attached hydrogens (primary N) is 1. The molecule has 0 spiro atoms. The van der Waals surface area contributed by atoms with Crippen molar-refractivity contribution in [3.8, 4) is 11.5 Å². The number of rotatable bonds is 6. The molecule has 3 N–H and O–H groups in total. The van der Waals surface area contributed by atoms with E-state index in [0.717, 1.165) is 11.3 Å². The molecule has 0 aromatic heterocycles. The minimum Gasteiger partial charge on any atom is -0.497 e. The molecule has 1 rings (SSSR count). The van der Waals surface area contributed by atoms with Gasteiger partial charge in [0.15, 0.2) is 0 Å². The van der Waals surface area contributed by atoms with Gasteiger partial charge >= 0.3 is 0 Å². The Morgan fingerprint density at radius 1 is 1.37 bits per heavy atom. The number of methoxy groups -OCH3 is 2. The van der Waals surface area contributed by atoms with Gasteiger partial charge in [0.25, 0.3) is 0 Å². The number of hydrogen-bond acceptors (Lipinski definition) is 4. The van der Waals surface area contributed by atoms with E-state index >= 15 is 0 Å². The van der Waals surface area contributed by atoms with Gasteiger partial charge in [0.05, 0.1) is 19.8 Å². The van der Waals surface area contributed by atoms with Gasteiger partial charge in [0, 0.05) is 12.1 Å². The second-order valence-electron chi connectivity index (χ2n) is 4.63. The molecule has 19 heavy (non-hydrogen) atoms. The van der Waals surface area contributed by atoms with Gasteiger partial charge in [0.2, 0.25) is 5.91 Å². The van der Waals surface area contributed by atoms with Crippen molar-refractivity contribution in [2.75, 3.05) is 14.2 Å². The van der Waals surface area contributed by atoms with Crippen molar-refractivity contribution in [1.29, 1.82) is 0 Å². The maximum atomic E-state index is 11.9. The summed E-state index contributed by atoms with van der Waals surface area (Å²) in [6, 6.07) is 5.45. The standard InChI is InChI=1S/C14H22N2O3/c1-5-14(2,15)13(17)16-9-10-8-11(18-3)6-7-12(10)19-4/h6-8H,5,9,15H2,1-4H3,(H,16,17). The van der Waals surface area contributed by atoms with Crippen molar-refractivity contribution in [3.05, 3.63) is 23.8 Å². The largest absolute Gasteiger partial charge is 0.497 e.